The molecule has 1 saturated carbocycles. The second-order valence-electron chi connectivity index (χ2n) is 4.66. The molecule has 2 rings (SSSR count). The Labute approximate surface area is 111 Å². The van der Waals surface area contributed by atoms with Crippen LogP contribution >= 0.6 is 12.2 Å². The summed E-state index contributed by atoms with van der Waals surface area (Å²) >= 11 is 4.71. The van der Waals surface area contributed by atoms with E-state index in [0.717, 1.165) is 25.7 Å². The first-order chi connectivity index (χ1) is 8.58. The van der Waals surface area contributed by atoms with Gasteiger partial charge in [-0.1, -0.05) is 31.5 Å². The minimum atomic E-state index is -0.636. The Bertz CT molecular complexity index is 433. The van der Waals surface area contributed by atoms with Crippen LogP contribution in [0.1, 0.15) is 37.7 Å². The van der Waals surface area contributed by atoms with E-state index in [4.69, 9.17) is 18.0 Å². The maximum Gasteiger partial charge on any atom is 0.150 e. The molecule has 5 heteroatoms. The number of rotatable bonds is 3. The largest absolute Gasteiger partial charge is 0.389 e. The zero-order valence-electron chi connectivity index (χ0n) is 10.0. The molecule has 0 saturated heterocycles. The minimum Gasteiger partial charge on any atom is -0.389 e. The first-order valence-electron chi connectivity index (χ1n) is 6.13. The van der Waals surface area contributed by atoms with Crippen molar-refractivity contribution in [2.24, 2.45) is 5.73 Å². The lowest BCUT2D eigenvalue weighted by Gasteiger charge is -2.24. The van der Waals surface area contributed by atoms with Gasteiger partial charge >= 0.3 is 0 Å². The van der Waals surface area contributed by atoms with Gasteiger partial charge in [0.15, 0.2) is 0 Å². The third kappa shape index (κ3) is 2.96. The van der Waals surface area contributed by atoms with Gasteiger partial charge in [0.1, 0.15) is 22.3 Å². The average molecular weight is 270 g/mol. The molecule has 0 radical (unpaired) electrons. The molecule has 0 unspecified atom stereocenters. The standard InChI is InChI=1S/C13H16F2N2S/c14-10-6-8(13(16)18)7-11(15)12(10)17-9-4-2-1-3-5-9/h6-7,9,17H,1-5H2,(H2,16,18). The summed E-state index contributed by atoms with van der Waals surface area (Å²) in [5.74, 6) is -1.27. The summed E-state index contributed by atoms with van der Waals surface area (Å²) in [6.07, 6.45) is 5.31. The van der Waals surface area contributed by atoms with Gasteiger partial charge in [0.05, 0.1) is 0 Å². The van der Waals surface area contributed by atoms with Gasteiger partial charge in [-0.25, -0.2) is 8.78 Å². The fourth-order valence-electron chi connectivity index (χ4n) is 2.30. The van der Waals surface area contributed by atoms with Gasteiger partial charge in [-0.3, -0.25) is 0 Å². The zero-order chi connectivity index (χ0) is 13.1. The number of nitrogens with two attached hydrogens (primary N) is 1. The molecule has 1 aromatic rings. The minimum absolute atomic E-state index is 0.00276. The van der Waals surface area contributed by atoms with E-state index < -0.39 is 11.6 Å². The van der Waals surface area contributed by atoms with Crippen LogP contribution in [0, 0.1) is 11.6 Å². The molecular weight excluding hydrogens is 254 g/mol. The quantitative estimate of drug-likeness (QED) is 0.827. The van der Waals surface area contributed by atoms with Crippen LogP contribution in [0.25, 0.3) is 0 Å². The smallest absolute Gasteiger partial charge is 0.150 e. The highest BCUT2D eigenvalue weighted by atomic mass is 32.1. The highest BCUT2D eigenvalue weighted by Gasteiger charge is 2.18. The summed E-state index contributed by atoms with van der Waals surface area (Å²) < 4.78 is 27.6. The van der Waals surface area contributed by atoms with Crippen molar-refractivity contribution in [3.8, 4) is 0 Å². The van der Waals surface area contributed by atoms with Crippen molar-refractivity contribution >= 4 is 22.9 Å². The number of benzene rings is 1. The third-order valence-corrected chi connectivity index (χ3v) is 3.52. The molecule has 0 heterocycles. The van der Waals surface area contributed by atoms with Crippen LogP contribution in [0.2, 0.25) is 0 Å². The van der Waals surface area contributed by atoms with E-state index in [-0.39, 0.29) is 22.3 Å². The number of hydrogen-bond donors (Lipinski definition) is 2. The van der Waals surface area contributed by atoms with Gasteiger partial charge in [0.25, 0.3) is 0 Å². The summed E-state index contributed by atoms with van der Waals surface area (Å²) in [6.45, 7) is 0. The normalized spacial score (nSPS) is 16.6. The Morgan fingerprint density at radius 3 is 2.22 bits per heavy atom. The van der Waals surface area contributed by atoms with Crippen molar-refractivity contribution in [3.63, 3.8) is 0 Å². The topological polar surface area (TPSA) is 38.0 Å². The molecule has 1 fully saturated rings. The molecular formula is C13H16F2N2S. The molecule has 1 aliphatic rings. The van der Waals surface area contributed by atoms with E-state index in [1.165, 1.54) is 18.6 Å². The fourth-order valence-corrected chi connectivity index (χ4v) is 2.42. The maximum atomic E-state index is 13.8. The first kappa shape index (κ1) is 13.2. The van der Waals surface area contributed by atoms with Crippen LogP contribution in [-0.2, 0) is 0 Å². The third-order valence-electron chi connectivity index (χ3n) is 3.28. The van der Waals surface area contributed by atoms with Crippen molar-refractivity contribution in [2.45, 2.75) is 38.1 Å². The molecule has 0 atom stereocenters. The molecule has 98 valence electrons. The molecule has 2 nitrogen and oxygen atoms in total. The van der Waals surface area contributed by atoms with Gasteiger partial charge in [0, 0.05) is 11.6 Å². The van der Waals surface area contributed by atoms with Gasteiger partial charge in [-0.15, -0.1) is 0 Å². The summed E-state index contributed by atoms with van der Waals surface area (Å²) in [7, 11) is 0. The van der Waals surface area contributed by atoms with Crippen molar-refractivity contribution in [1.82, 2.24) is 0 Å². The molecule has 1 aliphatic carbocycles. The maximum absolute atomic E-state index is 13.8. The fraction of sp³-hybridized carbons (Fsp3) is 0.462. The molecule has 3 N–H and O–H groups in total. The summed E-state index contributed by atoms with van der Waals surface area (Å²) in [5, 5.41) is 2.95. The average Bonchev–Trinajstić information content (AvgIpc) is 2.34. The Hall–Kier alpha value is -1.23. The van der Waals surface area contributed by atoms with Gasteiger partial charge in [0.2, 0.25) is 0 Å². The monoisotopic (exact) mass is 270 g/mol. The van der Waals surface area contributed by atoms with Crippen molar-refractivity contribution in [3.05, 3.63) is 29.3 Å². The highest BCUT2D eigenvalue weighted by Crippen LogP contribution is 2.26. The van der Waals surface area contributed by atoms with E-state index in [2.05, 4.69) is 5.32 Å². The summed E-state index contributed by atoms with van der Waals surface area (Å²) in [6, 6.07) is 2.51. The van der Waals surface area contributed by atoms with E-state index in [0.29, 0.717) is 0 Å². The Morgan fingerprint density at radius 1 is 1.17 bits per heavy atom. The Kier molecular flexibility index (Phi) is 4.11. The number of thiocarbonyl (C=S) groups is 1. The Morgan fingerprint density at radius 2 is 1.72 bits per heavy atom. The summed E-state index contributed by atoms with van der Waals surface area (Å²) in [4.78, 5) is -0.00276. The van der Waals surface area contributed by atoms with E-state index >= 15 is 0 Å². The predicted molar refractivity (Wildman–Crippen MR) is 72.7 cm³/mol. The molecule has 0 bridgehead atoms. The van der Waals surface area contributed by atoms with Crippen molar-refractivity contribution < 1.29 is 8.78 Å². The van der Waals surface area contributed by atoms with E-state index in [1.807, 2.05) is 0 Å². The van der Waals surface area contributed by atoms with Gasteiger partial charge in [-0.2, -0.15) is 0 Å². The second-order valence-corrected chi connectivity index (χ2v) is 5.10. The first-order valence-corrected chi connectivity index (χ1v) is 6.54. The van der Waals surface area contributed by atoms with Crippen LogP contribution in [0.3, 0.4) is 0 Å². The molecule has 0 aliphatic heterocycles. The number of nitrogens with one attached hydrogen (secondary N) is 1. The van der Waals surface area contributed by atoms with E-state index in [1.54, 1.807) is 0 Å². The molecule has 0 spiro atoms. The van der Waals surface area contributed by atoms with Gasteiger partial charge < -0.3 is 11.1 Å². The molecule has 0 amide bonds. The number of anilines is 1. The van der Waals surface area contributed by atoms with Gasteiger partial charge in [-0.05, 0) is 25.0 Å². The SMILES string of the molecule is NC(=S)c1cc(F)c(NC2CCCCC2)c(F)c1. The van der Waals surface area contributed by atoms with Crippen LogP contribution in [0.15, 0.2) is 12.1 Å². The molecule has 0 aromatic heterocycles. The van der Waals surface area contributed by atoms with Crippen molar-refractivity contribution in [2.75, 3.05) is 5.32 Å². The van der Waals surface area contributed by atoms with Crippen LogP contribution in [-0.4, -0.2) is 11.0 Å². The Balaban J connectivity index is 2.19. The van der Waals surface area contributed by atoms with E-state index in [9.17, 15) is 8.78 Å². The zero-order valence-corrected chi connectivity index (χ0v) is 10.8. The lowest BCUT2D eigenvalue weighted by atomic mass is 9.95. The lowest BCUT2D eigenvalue weighted by Crippen LogP contribution is -2.24. The number of halogens is 2. The van der Waals surface area contributed by atoms with Crippen molar-refractivity contribution in [1.29, 1.82) is 0 Å². The van der Waals surface area contributed by atoms with Crippen LogP contribution in [0.5, 0.6) is 0 Å². The molecule has 18 heavy (non-hydrogen) atoms. The second kappa shape index (κ2) is 5.61. The number of hydrogen-bond acceptors (Lipinski definition) is 2. The van der Waals surface area contributed by atoms with Crippen LogP contribution < -0.4 is 11.1 Å². The summed E-state index contributed by atoms with van der Waals surface area (Å²) in [5.41, 5.74) is 5.51. The van der Waals surface area contributed by atoms with Crippen LogP contribution in [0.4, 0.5) is 14.5 Å². The lowest BCUT2D eigenvalue weighted by molar-refractivity contribution is 0.457. The molecule has 1 aromatic carbocycles. The predicted octanol–water partition coefficient (Wildman–Crippen LogP) is 3.34. The highest BCUT2D eigenvalue weighted by molar-refractivity contribution is 7.80.